The van der Waals surface area contributed by atoms with Crippen LogP contribution in [0, 0.1) is 0 Å². The zero-order chi connectivity index (χ0) is 12.1. The van der Waals surface area contributed by atoms with E-state index in [-0.39, 0.29) is 0 Å². The second kappa shape index (κ2) is 5.95. The summed E-state index contributed by atoms with van der Waals surface area (Å²) < 4.78 is 0. The van der Waals surface area contributed by atoms with Crippen LogP contribution in [0.5, 0.6) is 0 Å². The highest BCUT2D eigenvalue weighted by atomic mass is 15.0. The summed E-state index contributed by atoms with van der Waals surface area (Å²) in [5.41, 5.74) is 2.49. The normalized spacial score (nSPS) is 17.1. The van der Waals surface area contributed by atoms with Crippen molar-refractivity contribution in [2.75, 3.05) is 10.6 Å². The minimum Gasteiger partial charge on any atom is -0.381 e. The average Bonchev–Trinajstić information content (AvgIpc) is 2.32. The van der Waals surface area contributed by atoms with Crippen molar-refractivity contribution in [1.82, 2.24) is 0 Å². The molecule has 0 unspecified atom stereocenters. The van der Waals surface area contributed by atoms with E-state index in [9.17, 15) is 0 Å². The number of anilines is 2. The molecule has 0 spiro atoms. The van der Waals surface area contributed by atoms with Gasteiger partial charge in [-0.2, -0.15) is 0 Å². The molecule has 1 aliphatic carbocycles. The molecule has 17 heavy (non-hydrogen) atoms. The fourth-order valence-corrected chi connectivity index (χ4v) is 2.51. The number of hydrogen-bond acceptors (Lipinski definition) is 2. The minimum absolute atomic E-state index is 0.476. The van der Waals surface area contributed by atoms with Gasteiger partial charge in [-0.25, -0.2) is 0 Å². The largest absolute Gasteiger partial charge is 0.381 e. The SMILES string of the molecule is CC(C)Nc1ccccc1NC1CCCCC1. The third kappa shape index (κ3) is 3.65. The smallest absolute Gasteiger partial charge is 0.0578 e. The van der Waals surface area contributed by atoms with E-state index in [4.69, 9.17) is 0 Å². The highest BCUT2D eigenvalue weighted by Gasteiger charge is 2.14. The molecule has 0 bridgehead atoms. The van der Waals surface area contributed by atoms with Crippen LogP contribution in [0.25, 0.3) is 0 Å². The molecular formula is C15H24N2. The van der Waals surface area contributed by atoms with Gasteiger partial charge in [0.15, 0.2) is 0 Å². The Hall–Kier alpha value is -1.18. The molecule has 0 saturated heterocycles. The van der Waals surface area contributed by atoms with Crippen LogP contribution in [-0.2, 0) is 0 Å². The van der Waals surface area contributed by atoms with Crippen LogP contribution in [0.3, 0.4) is 0 Å². The van der Waals surface area contributed by atoms with E-state index < -0.39 is 0 Å². The van der Waals surface area contributed by atoms with Crippen molar-refractivity contribution in [3.63, 3.8) is 0 Å². The van der Waals surface area contributed by atoms with Crippen LogP contribution in [0.2, 0.25) is 0 Å². The lowest BCUT2D eigenvalue weighted by molar-refractivity contribution is 0.463. The molecule has 2 rings (SSSR count). The van der Waals surface area contributed by atoms with E-state index in [1.807, 2.05) is 0 Å². The maximum atomic E-state index is 3.69. The lowest BCUT2D eigenvalue weighted by Gasteiger charge is -2.25. The molecule has 1 aromatic carbocycles. The van der Waals surface area contributed by atoms with Crippen LogP contribution in [-0.4, -0.2) is 12.1 Å². The monoisotopic (exact) mass is 232 g/mol. The summed E-state index contributed by atoms with van der Waals surface area (Å²) in [5.74, 6) is 0. The Kier molecular flexibility index (Phi) is 4.29. The highest BCUT2D eigenvalue weighted by Crippen LogP contribution is 2.26. The summed E-state index contributed by atoms with van der Waals surface area (Å²) in [4.78, 5) is 0. The summed E-state index contributed by atoms with van der Waals surface area (Å²) in [6, 6.07) is 9.68. The van der Waals surface area contributed by atoms with Gasteiger partial charge in [0, 0.05) is 12.1 Å². The Bertz CT molecular complexity index is 341. The quantitative estimate of drug-likeness (QED) is 0.811. The Morgan fingerprint density at radius 2 is 1.65 bits per heavy atom. The van der Waals surface area contributed by atoms with E-state index >= 15 is 0 Å². The van der Waals surface area contributed by atoms with Gasteiger partial charge < -0.3 is 10.6 Å². The van der Waals surface area contributed by atoms with Gasteiger partial charge in [-0.3, -0.25) is 0 Å². The molecule has 1 saturated carbocycles. The molecule has 2 N–H and O–H groups in total. The van der Waals surface area contributed by atoms with Gasteiger partial charge in [-0.15, -0.1) is 0 Å². The van der Waals surface area contributed by atoms with E-state index in [0.29, 0.717) is 12.1 Å². The van der Waals surface area contributed by atoms with Crippen LogP contribution in [0.15, 0.2) is 24.3 Å². The zero-order valence-corrected chi connectivity index (χ0v) is 11.0. The molecule has 0 aromatic heterocycles. The van der Waals surface area contributed by atoms with Gasteiger partial charge in [-0.05, 0) is 38.8 Å². The molecule has 1 fully saturated rings. The Balaban J connectivity index is 2.03. The lowest BCUT2D eigenvalue weighted by atomic mass is 9.95. The first-order valence-electron chi connectivity index (χ1n) is 6.88. The molecule has 2 nitrogen and oxygen atoms in total. The van der Waals surface area contributed by atoms with Gasteiger partial charge in [0.25, 0.3) is 0 Å². The lowest BCUT2D eigenvalue weighted by Crippen LogP contribution is -2.23. The number of para-hydroxylation sites is 2. The number of benzene rings is 1. The molecule has 0 aliphatic heterocycles. The molecule has 0 amide bonds. The fourth-order valence-electron chi connectivity index (χ4n) is 2.51. The van der Waals surface area contributed by atoms with Gasteiger partial charge in [0.05, 0.1) is 11.4 Å². The number of nitrogens with one attached hydrogen (secondary N) is 2. The van der Waals surface area contributed by atoms with Gasteiger partial charge in [-0.1, -0.05) is 31.4 Å². The van der Waals surface area contributed by atoms with E-state index in [1.165, 1.54) is 43.5 Å². The Morgan fingerprint density at radius 3 is 2.29 bits per heavy atom. The van der Waals surface area contributed by atoms with Crippen molar-refractivity contribution in [1.29, 1.82) is 0 Å². The second-order valence-electron chi connectivity index (χ2n) is 5.32. The molecular weight excluding hydrogens is 208 g/mol. The summed E-state index contributed by atoms with van der Waals surface area (Å²) in [5, 5.41) is 7.19. The van der Waals surface area contributed by atoms with Crippen LogP contribution < -0.4 is 10.6 Å². The number of rotatable bonds is 4. The Morgan fingerprint density at radius 1 is 1.00 bits per heavy atom. The maximum absolute atomic E-state index is 3.69. The van der Waals surface area contributed by atoms with Crippen molar-refractivity contribution >= 4 is 11.4 Å². The molecule has 2 heteroatoms. The summed E-state index contributed by atoms with van der Waals surface area (Å²) in [6.45, 7) is 4.36. The van der Waals surface area contributed by atoms with E-state index in [1.54, 1.807) is 0 Å². The van der Waals surface area contributed by atoms with Crippen molar-refractivity contribution in [2.45, 2.75) is 58.0 Å². The van der Waals surface area contributed by atoms with E-state index in [2.05, 4.69) is 48.7 Å². The zero-order valence-electron chi connectivity index (χ0n) is 11.0. The third-order valence-corrected chi connectivity index (χ3v) is 3.34. The molecule has 0 radical (unpaired) electrons. The van der Waals surface area contributed by atoms with Crippen LogP contribution in [0.4, 0.5) is 11.4 Å². The fraction of sp³-hybridized carbons (Fsp3) is 0.600. The van der Waals surface area contributed by atoms with Crippen molar-refractivity contribution < 1.29 is 0 Å². The average molecular weight is 232 g/mol. The van der Waals surface area contributed by atoms with Crippen molar-refractivity contribution in [2.24, 2.45) is 0 Å². The highest BCUT2D eigenvalue weighted by molar-refractivity contribution is 5.69. The number of hydrogen-bond donors (Lipinski definition) is 2. The first-order chi connectivity index (χ1) is 8.25. The van der Waals surface area contributed by atoms with Crippen LogP contribution in [0.1, 0.15) is 46.0 Å². The minimum atomic E-state index is 0.476. The molecule has 0 heterocycles. The predicted molar refractivity (Wildman–Crippen MR) is 75.7 cm³/mol. The van der Waals surface area contributed by atoms with Crippen molar-refractivity contribution in [3.8, 4) is 0 Å². The standard InChI is InChI=1S/C15H24N2/c1-12(2)16-14-10-6-7-11-15(14)17-13-8-4-3-5-9-13/h6-7,10-13,16-17H,3-5,8-9H2,1-2H3. The van der Waals surface area contributed by atoms with Gasteiger partial charge >= 0.3 is 0 Å². The van der Waals surface area contributed by atoms with E-state index in [0.717, 1.165) is 0 Å². The molecule has 1 aromatic rings. The summed E-state index contributed by atoms with van der Waals surface area (Å²) in [7, 11) is 0. The summed E-state index contributed by atoms with van der Waals surface area (Å²) >= 11 is 0. The summed E-state index contributed by atoms with van der Waals surface area (Å²) in [6.07, 6.45) is 6.78. The molecule has 1 aliphatic rings. The second-order valence-corrected chi connectivity index (χ2v) is 5.32. The predicted octanol–water partition coefficient (Wildman–Crippen LogP) is 4.25. The molecule has 94 valence electrons. The first-order valence-corrected chi connectivity index (χ1v) is 6.88. The van der Waals surface area contributed by atoms with Crippen molar-refractivity contribution in [3.05, 3.63) is 24.3 Å². The maximum Gasteiger partial charge on any atom is 0.0578 e. The first kappa shape index (κ1) is 12.3. The molecule has 0 atom stereocenters. The topological polar surface area (TPSA) is 24.1 Å². The Labute approximate surface area is 105 Å². The van der Waals surface area contributed by atoms with Gasteiger partial charge in [0.1, 0.15) is 0 Å². The van der Waals surface area contributed by atoms with Crippen LogP contribution >= 0.6 is 0 Å². The third-order valence-electron chi connectivity index (χ3n) is 3.34. The van der Waals surface area contributed by atoms with Gasteiger partial charge in [0.2, 0.25) is 0 Å².